The summed E-state index contributed by atoms with van der Waals surface area (Å²) in [6.07, 6.45) is 0. The molecule has 0 amide bonds. The summed E-state index contributed by atoms with van der Waals surface area (Å²) in [6, 6.07) is 69.7. The molecule has 0 N–H and O–H groups in total. The van der Waals surface area contributed by atoms with E-state index in [4.69, 9.17) is 9.97 Å². The van der Waals surface area contributed by atoms with Gasteiger partial charge in [0.15, 0.2) is 0 Å². The molecule has 12 aromatic rings. The molecule has 0 fully saturated rings. The molecule has 56 heavy (non-hydrogen) atoms. The molecule has 4 heteroatoms. The van der Waals surface area contributed by atoms with Gasteiger partial charge in [-0.3, -0.25) is 4.57 Å². The van der Waals surface area contributed by atoms with Crippen LogP contribution >= 0.6 is 0 Å². The molecule has 0 spiro atoms. The van der Waals surface area contributed by atoms with E-state index < -0.39 is 0 Å². The molecule has 0 aliphatic rings. The summed E-state index contributed by atoms with van der Waals surface area (Å²) < 4.78 is 4.62. The Kier molecular flexibility index (Phi) is 6.60. The molecule has 4 nitrogen and oxygen atoms in total. The zero-order valence-corrected chi connectivity index (χ0v) is 30.3. The third-order valence-electron chi connectivity index (χ3n) is 11.5. The van der Waals surface area contributed by atoms with Crippen molar-refractivity contribution in [3.8, 4) is 34.0 Å². The standard InChI is InChI=1S/C52H32N4/c1-2-14-39(15-3-1)55-46-20-10-7-16-40(46)44-32-37(27-28-48(44)55)36-24-23-34-26-29-49-50(43(34)31-36)42-18-8-11-21-47(42)56(49)52-53-45-19-9-6-17-41(45)51(54-52)38-25-22-33-12-4-5-13-35(33)30-38/h1-32H. The summed E-state index contributed by atoms with van der Waals surface area (Å²) in [4.78, 5) is 10.6. The second-order valence-electron chi connectivity index (χ2n) is 14.6. The summed E-state index contributed by atoms with van der Waals surface area (Å²) in [5.74, 6) is 0.661. The predicted molar refractivity (Wildman–Crippen MR) is 234 cm³/mol. The van der Waals surface area contributed by atoms with E-state index in [9.17, 15) is 0 Å². The normalized spacial score (nSPS) is 11.9. The van der Waals surface area contributed by atoms with Crippen molar-refractivity contribution < 1.29 is 0 Å². The second-order valence-corrected chi connectivity index (χ2v) is 14.6. The van der Waals surface area contributed by atoms with Crippen LogP contribution in [0.15, 0.2) is 194 Å². The maximum atomic E-state index is 5.39. The van der Waals surface area contributed by atoms with Gasteiger partial charge in [0, 0.05) is 38.2 Å². The van der Waals surface area contributed by atoms with Crippen LogP contribution in [0.4, 0.5) is 0 Å². The van der Waals surface area contributed by atoms with Crippen LogP contribution in [-0.2, 0) is 0 Å². The van der Waals surface area contributed by atoms with Gasteiger partial charge in [0.1, 0.15) is 0 Å². The first-order chi connectivity index (χ1) is 27.8. The van der Waals surface area contributed by atoms with Gasteiger partial charge in [-0.1, -0.05) is 133 Å². The number of benzene rings is 9. The molecule has 3 heterocycles. The van der Waals surface area contributed by atoms with Crippen LogP contribution in [0.1, 0.15) is 0 Å². The van der Waals surface area contributed by atoms with Crippen molar-refractivity contribution in [3.63, 3.8) is 0 Å². The Morgan fingerprint density at radius 3 is 1.77 bits per heavy atom. The molecule has 260 valence electrons. The Hall–Kier alpha value is -7.56. The van der Waals surface area contributed by atoms with Gasteiger partial charge in [-0.05, 0) is 93.3 Å². The lowest BCUT2D eigenvalue weighted by molar-refractivity contribution is 1.01. The van der Waals surface area contributed by atoms with Gasteiger partial charge in [0.25, 0.3) is 0 Å². The fourth-order valence-electron chi connectivity index (χ4n) is 8.91. The highest BCUT2D eigenvalue weighted by atomic mass is 15.2. The van der Waals surface area contributed by atoms with Crippen molar-refractivity contribution in [2.45, 2.75) is 0 Å². The van der Waals surface area contributed by atoms with E-state index in [0.29, 0.717) is 5.95 Å². The van der Waals surface area contributed by atoms with Gasteiger partial charge in [-0.2, -0.15) is 0 Å². The maximum Gasteiger partial charge on any atom is 0.235 e. The highest BCUT2D eigenvalue weighted by molar-refractivity contribution is 6.22. The van der Waals surface area contributed by atoms with Gasteiger partial charge in [0.05, 0.1) is 33.3 Å². The Labute approximate surface area is 322 Å². The van der Waals surface area contributed by atoms with Crippen LogP contribution in [0.5, 0.6) is 0 Å². The van der Waals surface area contributed by atoms with Crippen molar-refractivity contribution in [2.24, 2.45) is 0 Å². The van der Waals surface area contributed by atoms with Crippen LogP contribution < -0.4 is 0 Å². The second kappa shape index (κ2) is 12.0. The Bertz CT molecular complexity index is 3540. The minimum absolute atomic E-state index is 0.661. The summed E-state index contributed by atoms with van der Waals surface area (Å²) in [5, 5.41) is 10.7. The quantitative estimate of drug-likeness (QED) is 0.182. The fraction of sp³-hybridized carbons (Fsp3) is 0. The Balaban J connectivity index is 1.08. The third kappa shape index (κ3) is 4.60. The van der Waals surface area contributed by atoms with Crippen molar-refractivity contribution in [2.75, 3.05) is 0 Å². The lowest BCUT2D eigenvalue weighted by Gasteiger charge is -2.12. The van der Waals surface area contributed by atoms with E-state index in [1.165, 1.54) is 65.3 Å². The highest BCUT2D eigenvalue weighted by Crippen LogP contribution is 2.40. The molecule has 0 unspecified atom stereocenters. The van der Waals surface area contributed by atoms with E-state index >= 15 is 0 Å². The van der Waals surface area contributed by atoms with E-state index in [-0.39, 0.29) is 0 Å². The highest BCUT2D eigenvalue weighted by Gasteiger charge is 2.20. The molecular formula is C52H32N4. The Morgan fingerprint density at radius 1 is 0.321 bits per heavy atom. The van der Waals surface area contributed by atoms with Gasteiger partial charge in [0.2, 0.25) is 5.95 Å². The lowest BCUT2D eigenvalue weighted by Crippen LogP contribution is -2.03. The van der Waals surface area contributed by atoms with Crippen LogP contribution in [-0.4, -0.2) is 19.1 Å². The van der Waals surface area contributed by atoms with E-state index in [2.05, 4.69) is 203 Å². The zero-order chi connectivity index (χ0) is 36.7. The average Bonchev–Trinajstić information content (AvgIpc) is 3.79. The van der Waals surface area contributed by atoms with Crippen LogP contribution in [0.2, 0.25) is 0 Å². The molecule has 0 aliphatic carbocycles. The number of hydrogen-bond acceptors (Lipinski definition) is 2. The van der Waals surface area contributed by atoms with Gasteiger partial charge in [-0.25, -0.2) is 9.97 Å². The minimum Gasteiger partial charge on any atom is -0.309 e. The first-order valence-electron chi connectivity index (χ1n) is 19.1. The molecule has 9 aromatic carbocycles. The van der Waals surface area contributed by atoms with Gasteiger partial charge < -0.3 is 4.57 Å². The molecule has 0 saturated heterocycles. The molecule has 0 saturated carbocycles. The number of hydrogen-bond donors (Lipinski definition) is 0. The predicted octanol–water partition coefficient (Wildman–Crippen LogP) is 13.5. The van der Waals surface area contributed by atoms with Crippen LogP contribution in [0.25, 0.3) is 110 Å². The van der Waals surface area contributed by atoms with E-state index in [1.54, 1.807) is 0 Å². The largest absolute Gasteiger partial charge is 0.309 e. The first kappa shape index (κ1) is 30.9. The van der Waals surface area contributed by atoms with Crippen molar-refractivity contribution in [1.82, 2.24) is 19.1 Å². The number of nitrogens with zero attached hydrogens (tertiary/aromatic N) is 4. The summed E-state index contributed by atoms with van der Waals surface area (Å²) in [6.45, 7) is 0. The molecule has 3 aromatic heterocycles. The SMILES string of the molecule is c1ccc(-n2c3ccccc3c3cc(-c4ccc5ccc6c(c5c4)c4ccccc4n6-c4nc(-c5ccc6ccccc6c5)c5ccccc5n4)ccc32)cc1. The molecule has 0 bridgehead atoms. The number of fused-ring (bicyclic) bond motifs is 10. The van der Waals surface area contributed by atoms with Crippen LogP contribution in [0, 0.1) is 0 Å². The number of aromatic nitrogens is 4. The zero-order valence-electron chi connectivity index (χ0n) is 30.3. The van der Waals surface area contributed by atoms with Crippen molar-refractivity contribution in [1.29, 1.82) is 0 Å². The fourth-order valence-corrected chi connectivity index (χ4v) is 8.91. The third-order valence-corrected chi connectivity index (χ3v) is 11.5. The van der Waals surface area contributed by atoms with Crippen molar-refractivity contribution in [3.05, 3.63) is 194 Å². The van der Waals surface area contributed by atoms with Gasteiger partial charge in [-0.15, -0.1) is 0 Å². The minimum atomic E-state index is 0.661. The molecule has 0 atom stereocenters. The van der Waals surface area contributed by atoms with Crippen LogP contribution in [0.3, 0.4) is 0 Å². The van der Waals surface area contributed by atoms with E-state index in [1.807, 2.05) is 0 Å². The lowest BCUT2D eigenvalue weighted by atomic mass is 9.97. The first-order valence-corrected chi connectivity index (χ1v) is 19.1. The molecule has 0 radical (unpaired) electrons. The van der Waals surface area contributed by atoms with Crippen molar-refractivity contribution >= 4 is 76.1 Å². The molecule has 12 rings (SSSR count). The molecular weight excluding hydrogens is 681 g/mol. The van der Waals surface area contributed by atoms with E-state index in [0.717, 1.165) is 38.9 Å². The number of para-hydroxylation sites is 4. The maximum absolute atomic E-state index is 5.39. The average molecular weight is 713 g/mol. The Morgan fingerprint density at radius 2 is 0.911 bits per heavy atom. The van der Waals surface area contributed by atoms with Gasteiger partial charge >= 0.3 is 0 Å². The molecule has 0 aliphatic heterocycles. The monoisotopic (exact) mass is 712 g/mol. The smallest absolute Gasteiger partial charge is 0.235 e. The summed E-state index contributed by atoms with van der Waals surface area (Å²) in [7, 11) is 0. The topological polar surface area (TPSA) is 35.6 Å². The number of rotatable bonds is 4. The summed E-state index contributed by atoms with van der Waals surface area (Å²) >= 11 is 0. The summed E-state index contributed by atoms with van der Waals surface area (Å²) in [5.41, 5.74) is 11.0.